The summed E-state index contributed by atoms with van der Waals surface area (Å²) in [6.45, 7) is 0. The van der Waals surface area contributed by atoms with Crippen molar-refractivity contribution in [1.29, 1.82) is 0 Å². The highest BCUT2D eigenvalue weighted by atomic mass is 16.6. The lowest BCUT2D eigenvalue weighted by molar-refractivity contribution is -0.394. The van der Waals surface area contributed by atoms with E-state index in [0.717, 1.165) is 18.3 Å². The van der Waals surface area contributed by atoms with Crippen LogP contribution >= 0.6 is 0 Å². The highest BCUT2D eigenvalue weighted by Crippen LogP contribution is 2.35. The maximum atomic E-state index is 11.0. The fraction of sp³-hybridized carbons (Fsp3) is 0.111. The number of hydrogen-bond donors (Lipinski definition) is 2. The van der Waals surface area contributed by atoms with Crippen molar-refractivity contribution in [3.8, 4) is 5.75 Å². The average molecular weight is 282 g/mol. The summed E-state index contributed by atoms with van der Waals surface area (Å²) in [4.78, 5) is 20.3. The average Bonchev–Trinajstić information content (AvgIpc) is 2.36. The predicted octanol–water partition coefficient (Wildman–Crippen LogP) is 0.119. The third-order valence-electron chi connectivity index (χ3n) is 2.12. The van der Waals surface area contributed by atoms with Crippen LogP contribution in [0.25, 0.3) is 0 Å². The van der Waals surface area contributed by atoms with E-state index >= 15 is 0 Å². The minimum atomic E-state index is -0.817. The Labute approximate surface area is 111 Å². The van der Waals surface area contributed by atoms with Gasteiger partial charge in [-0.05, 0) is 6.07 Å². The van der Waals surface area contributed by atoms with Crippen LogP contribution in [-0.2, 0) is 0 Å². The van der Waals surface area contributed by atoms with Crippen LogP contribution in [0.3, 0.4) is 0 Å². The number of nitro groups is 2. The van der Waals surface area contributed by atoms with Gasteiger partial charge in [-0.25, -0.2) is 0 Å². The van der Waals surface area contributed by atoms with Gasteiger partial charge in [0, 0.05) is 6.07 Å². The first-order valence-corrected chi connectivity index (χ1v) is 5.00. The fourth-order valence-corrected chi connectivity index (χ4v) is 1.37. The number of ether oxygens (including phenoxy) is 1. The molecule has 0 spiro atoms. The van der Waals surface area contributed by atoms with Gasteiger partial charge in [0.2, 0.25) is 5.96 Å². The normalized spacial score (nSPS) is 10.2. The molecule has 0 bridgehead atoms. The number of nitrogens with two attached hydrogens (primary N) is 2. The van der Waals surface area contributed by atoms with Crippen LogP contribution in [0.15, 0.2) is 22.3 Å². The largest absolute Gasteiger partial charge is 0.490 e. The first-order chi connectivity index (χ1) is 9.38. The molecular weight excluding hydrogens is 272 g/mol. The summed E-state index contributed by atoms with van der Waals surface area (Å²) < 4.78 is 4.80. The van der Waals surface area contributed by atoms with E-state index in [1.165, 1.54) is 7.11 Å². The molecule has 0 unspecified atom stereocenters. The zero-order valence-corrected chi connectivity index (χ0v) is 10.2. The molecule has 1 aromatic carbocycles. The van der Waals surface area contributed by atoms with Crippen molar-refractivity contribution >= 4 is 23.5 Å². The Morgan fingerprint density at radius 3 is 2.40 bits per heavy atom. The molecule has 0 saturated heterocycles. The Bertz CT molecular complexity index is 607. The maximum Gasteiger partial charge on any atom is 0.326 e. The number of nitrogens with zero attached hydrogens (tertiary/aromatic N) is 4. The second kappa shape index (κ2) is 6.08. The Hall–Kier alpha value is -3.24. The van der Waals surface area contributed by atoms with E-state index in [1.54, 1.807) is 0 Å². The molecular formula is C9H10N6O5. The van der Waals surface area contributed by atoms with Gasteiger partial charge >= 0.3 is 5.69 Å². The van der Waals surface area contributed by atoms with E-state index in [1.807, 2.05) is 0 Å². The zero-order valence-electron chi connectivity index (χ0n) is 10.2. The Kier molecular flexibility index (Phi) is 4.51. The van der Waals surface area contributed by atoms with Gasteiger partial charge < -0.3 is 16.2 Å². The van der Waals surface area contributed by atoms with Gasteiger partial charge in [-0.15, -0.1) is 5.10 Å². The summed E-state index contributed by atoms with van der Waals surface area (Å²) in [7, 11) is 1.20. The number of rotatable bonds is 5. The van der Waals surface area contributed by atoms with Crippen LogP contribution in [0, 0.1) is 20.2 Å². The van der Waals surface area contributed by atoms with Crippen LogP contribution in [0.2, 0.25) is 0 Å². The van der Waals surface area contributed by atoms with Gasteiger partial charge in [0.25, 0.3) is 5.69 Å². The molecule has 1 aromatic rings. The van der Waals surface area contributed by atoms with Crippen molar-refractivity contribution < 1.29 is 14.6 Å². The molecule has 0 amide bonds. The van der Waals surface area contributed by atoms with E-state index in [2.05, 4.69) is 10.2 Å². The topological polar surface area (TPSA) is 172 Å². The molecule has 0 aliphatic heterocycles. The van der Waals surface area contributed by atoms with Crippen molar-refractivity contribution in [2.45, 2.75) is 0 Å². The molecule has 106 valence electrons. The van der Waals surface area contributed by atoms with Crippen molar-refractivity contribution in [1.82, 2.24) is 0 Å². The second-order valence-corrected chi connectivity index (χ2v) is 3.33. The molecule has 4 N–H and O–H groups in total. The standard InChI is InChI=1S/C9H10N6O5/c1-20-7-3-2-6(14(16)17)5(8(7)15(18)19)4-12-13-9(10)11/h2-4H,1H3,(H4,10,11,13). The third-order valence-corrected chi connectivity index (χ3v) is 2.12. The molecule has 20 heavy (non-hydrogen) atoms. The predicted molar refractivity (Wildman–Crippen MR) is 69.7 cm³/mol. The van der Waals surface area contributed by atoms with Gasteiger partial charge in [0.15, 0.2) is 11.3 Å². The fourth-order valence-electron chi connectivity index (χ4n) is 1.37. The highest BCUT2D eigenvalue weighted by Gasteiger charge is 2.28. The van der Waals surface area contributed by atoms with Crippen LogP contribution < -0.4 is 16.2 Å². The SMILES string of the molecule is COc1ccc([N+](=O)[O-])c(C=NN=C(N)N)c1[N+](=O)[O-]. The van der Waals surface area contributed by atoms with E-state index in [9.17, 15) is 20.2 Å². The number of benzene rings is 1. The van der Waals surface area contributed by atoms with E-state index in [4.69, 9.17) is 16.2 Å². The van der Waals surface area contributed by atoms with Crippen molar-refractivity contribution in [2.75, 3.05) is 7.11 Å². The Morgan fingerprint density at radius 2 is 1.95 bits per heavy atom. The van der Waals surface area contributed by atoms with Crippen molar-refractivity contribution in [2.24, 2.45) is 21.7 Å². The minimum Gasteiger partial charge on any atom is -0.490 e. The molecule has 0 saturated carbocycles. The summed E-state index contributed by atoms with van der Waals surface area (Å²) in [5.41, 5.74) is 8.57. The highest BCUT2D eigenvalue weighted by molar-refractivity contribution is 5.93. The van der Waals surface area contributed by atoms with Crippen LogP contribution in [0.4, 0.5) is 11.4 Å². The lowest BCUT2D eigenvalue weighted by Crippen LogP contribution is -2.21. The lowest BCUT2D eigenvalue weighted by Gasteiger charge is -2.04. The maximum absolute atomic E-state index is 11.0. The summed E-state index contributed by atoms with van der Waals surface area (Å²) >= 11 is 0. The first-order valence-electron chi connectivity index (χ1n) is 5.00. The first kappa shape index (κ1) is 14.8. The molecule has 0 radical (unpaired) electrons. The van der Waals surface area contributed by atoms with E-state index in [0.29, 0.717) is 0 Å². The van der Waals surface area contributed by atoms with Crippen LogP contribution in [0.1, 0.15) is 5.56 Å². The number of guanidine groups is 1. The molecule has 0 aliphatic rings. The van der Waals surface area contributed by atoms with Crippen LogP contribution in [-0.4, -0.2) is 29.1 Å². The number of hydrogen-bond acceptors (Lipinski definition) is 7. The van der Waals surface area contributed by atoms with Crippen molar-refractivity contribution in [3.05, 3.63) is 37.9 Å². The number of nitro benzene ring substituents is 2. The molecule has 0 aliphatic carbocycles. The minimum absolute atomic E-state index is 0.147. The Balaban J connectivity index is 3.56. The second-order valence-electron chi connectivity index (χ2n) is 3.33. The summed E-state index contributed by atoms with van der Waals surface area (Å²) in [5, 5.41) is 28.5. The van der Waals surface area contributed by atoms with Gasteiger partial charge in [0.1, 0.15) is 0 Å². The smallest absolute Gasteiger partial charge is 0.326 e. The summed E-state index contributed by atoms with van der Waals surface area (Å²) in [6.07, 6.45) is 0.818. The van der Waals surface area contributed by atoms with Gasteiger partial charge in [0.05, 0.1) is 23.2 Å². The van der Waals surface area contributed by atoms with E-state index < -0.39 is 27.2 Å². The van der Waals surface area contributed by atoms with Crippen LogP contribution in [0.5, 0.6) is 5.75 Å². The molecule has 11 heteroatoms. The number of methoxy groups -OCH3 is 1. The molecule has 0 fully saturated rings. The van der Waals surface area contributed by atoms with E-state index in [-0.39, 0.29) is 11.3 Å². The Morgan fingerprint density at radius 1 is 1.30 bits per heavy atom. The molecule has 11 nitrogen and oxygen atoms in total. The quantitative estimate of drug-likeness (QED) is 0.333. The molecule has 1 rings (SSSR count). The lowest BCUT2D eigenvalue weighted by atomic mass is 10.1. The third kappa shape index (κ3) is 3.16. The zero-order chi connectivity index (χ0) is 15.3. The summed E-state index contributed by atoms with van der Waals surface area (Å²) in [6, 6.07) is 2.18. The molecule has 0 aromatic heterocycles. The van der Waals surface area contributed by atoms with Crippen molar-refractivity contribution in [3.63, 3.8) is 0 Å². The van der Waals surface area contributed by atoms with Gasteiger partial charge in [-0.2, -0.15) is 5.10 Å². The monoisotopic (exact) mass is 282 g/mol. The molecule has 0 heterocycles. The van der Waals surface area contributed by atoms with Gasteiger partial charge in [-0.3, -0.25) is 20.2 Å². The van der Waals surface area contributed by atoms with Gasteiger partial charge in [-0.1, -0.05) is 0 Å². The summed E-state index contributed by atoms with van der Waals surface area (Å²) in [5.74, 6) is -0.541. The molecule has 0 atom stereocenters.